The summed E-state index contributed by atoms with van der Waals surface area (Å²) in [5.74, 6) is 0.126. The molecule has 3 aromatic carbocycles. The van der Waals surface area contributed by atoms with E-state index in [4.69, 9.17) is 0 Å². The van der Waals surface area contributed by atoms with Crippen LogP contribution in [-0.4, -0.2) is 11.0 Å². The Morgan fingerprint density at radius 1 is 0.957 bits per heavy atom. The van der Waals surface area contributed by atoms with Crippen molar-refractivity contribution in [3.63, 3.8) is 0 Å². The Kier molecular flexibility index (Phi) is 4.39. The summed E-state index contributed by atoms with van der Waals surface area (Å²) < 4.78 is 0. The number of phenolic OH excluding ortho intramolecular Hbond substituents is 1. The fraction of sp³-hybridized carbons (Fsp3) is 0.0500. The van der Waals surface area contributed by atoms with Crippen LogP contribution in [0.5, 0.6) is 5.75 Å². The molecular formula is C20H17NO2. The monoisotopic (exact) mass is 303 g/mol. The Labute approximate surface area is 134 Å². The number of benzene rings is 3. The lowest BCUT2D eigenvalue weighted by molar-refractivity contribution is -0.116. The van der Waals surface area contributed by atoms with Gasteiger partial charge in [0.05, 0.1) is 0 Å². The molecule has 0 heterocycles. The first-order valence-corrected chi connectivity index (χ1v) is 7.43. The molecule has 3 nitrogen and oxygen atoms in total. The van der Waals surface area contributed by atoms with Crippen LogP contribution in [0.15, 0.2) is 72.8 Å². The topological polar surface area (TPSA) is 49.3 Å². The van der Waals surface area contributed by atoms with Crippen molar-refractivity contribution in [2.24, 2.45) is 0 Å². The van der Waals surface area contributed by atoms with E-state index >= 15 is 0 Å². The Balaban J connectivity index is 1.65. The van der Waals surface area contributed by atoms with E-state index in [1.54, 1.807) is 18.2 Å². The smallest absolute Gasteiger partial charge is 0.244 e. The quantitative estimate of drug-likeness (QED) is 0.719. The molecular weight excluding hydrogens is 286 g/mol. The third-order valence-corrected chi connectivity index (χ3v) is 3.58. The Morgan fingerprint density at radius 2 is 1.70 bits per heavy atom. The van der Waals surface area contributed by atoms with Gasteiger partial charge in [-0.3, -0.25) is 4.79 Å². The number of aromatic hydroxyl groups is 1. The summed E-state index contributed by atoms with van der Waals surface area (Å²) in [7, 11) is 0. The van der Waals surface area contributed by atoms with Gasteiger partial charge < -0.3 is 10.4 Å². The summed E-state index contributed by atoms with van der Waals surface area (Å²) in [5.41, 5.74) is 2.01. The van der Waals surface area contributed by atoms with Crippen molar-refractivity contribution < 1.29 is 9.90 Å². The second-order valence-corrected chi connectivity index (χ2v) is 5.33. The highest BCUT2D eigenvalue weighted by atomic mass is 16.3. The molecule has 0 aromatic heterocycles. The van der Waals surface area contributed by atoms with E-state index in [-0.39, 0.29) is 11.7 Å². The predicted octanol–water partition coefficient (Wildman–Crippen LogP) is 3.88. The van der Waals surface area contributed by atoms with E-state index in [1.807, 2.05) is 54.6 Å². The van der Waals surface area contributed by atoms with E-state index in [0.29, 0.717) is 6.54 Å². The number of phenols is 1. The van der Waals surface area contributed by atoms with Gasteiger partial charge >= 0.3 is 0 Å². The van der Waals surface area contributed by atoms with E-state index in [2.05, 4.69) is 5.32 Å². The molecule has 0 fully saturated rings. The average molecular weight is 303 g/mol. The molecule has 1 amide bonds. The minimum absolute atomic E-state index is 0.125. The third-order valence-electron chi connectivity index (χ3n) is 3.58. The number of amides is 1. The molecule has 0 aliphatic rings. The molecule has 0 unspecified atom stereocenters. The van der Waals surface area contributed by atoms with Crippen LogP contribution in [0, 0.1) is 0 Å². The normalized spacial score (nSPS) is 11.0. The number of nitrogens with one attached hydrogen (secondary N) is 1. The first kappa shape index (κ1) is 14.9. The predicted molar refractivity (Wildman–Crippen MR) is 92.9 cm³/mol. The van der Waals surface area contributed by atoms with Crippen molar-refractivity contribution in [2.75, 3.05) is 0 Å². The molecule has 3 heteroatoms. The highest BCUT2D eigenvalue weighted by Crippen LogP contribution is 2.21. The number of carbonyl (C=O) groups is 1. The Hall–Kier alpha value is -3.07. The maximum atomic E-state index is 11.9. The lowest BCUT2D eigenvalue weighted by Gasteiger charge is -2.02. The first-order valence-electron chi connectivity index (χ1n) is 7.43. The number of carbonyl (C=O) groups excluding carboxylic acids is 1. The summed E-state index contributed by atoms with van der Waals surface area (Å²) in [4.78, 5) is 11.9. The molecule has 0 saturated heterocycles. The molecule has 0 bridgehead atoms. The van der Waals surface area contributed by atoms with E-state index in [1.165, 1.54) is 6.08 Å². The summed E-state index contributed by atoms with van der Waals surface area (Å²) in [6.07, 6.45) is 3.32. The molecule has 2 N–H and O–H groups in total. The standard InChI is InChI=1S/C20H17NO2/c22-19-10-9-17-12-15(6-8-18(17)13-19)7-11-20(23)21-14-16-4-2-1-3-5-16/h1-13,22H,14H2,(H,21,23)/b11-7+. The number of hydrogen-bond acceptors (Lipinski definition) is 2. The Bertz CT molecular complexity index is 854. The average Bonchev–Trinajstić information content (AvgIpc) is 2.59. The zero-order valence-corrected chi connectivity index (χ0v) is 12.6. The second-order valence-electron chi connectivity index (χ2n) is 5.33. The van der Waals surface area contributed by atoms with Gasteiger partial charge in [-0.1, -0.05) is 48.5 Å². The fourth-order valence-corrected chi connectivity index (χ4v) is 2.37. The zero-order valence-electron chi connectivity index (χ0n) is 12.6. The van der Waals surface area contributed by atoms with Crippen LogP contribution >= 0.6 is 0 Å². The largest absolute Gasteiger partial charge is 0.508 e. The molecule has 0 atom stereocenters. The van der Waals surface area contributed by atoms with Gasteiger partial charge in [0.25, 0.3) is 0 Å². The molecule has 0 aliphatic heterocycles. The lowest BCUT2D eigenvalue weighted by atomic mass is 10.1. The molecule has 3 aromatic rings. The molecule has 0 radical (unpaired) electrons. The van der Waals surface area contributed by atoms with E-state index in [9.17, 15) is 9.90 Å². The minimum Gasteiger partial charge on any atom is -0.508 e. The number of rotatable bonds is 4. The van der Waals surface area contributed by atoms with Crippen molar-refractivity contribution in [3.05, 3.63) is 83.9 Å². The van der Waals surface area contributed by atoms with Crippen LogP contribution in [-0.2, 0) is 11.3 Å². The SMILES string of the molecule is O=C(/C=C/c1ccc2cc(O)ccc2c1)NCc1ccccc1. The molecule has 3 rings (SSSR count). The maximum absolute atomic E-state index is 11.9. The van der Waals surface area contributed by atoms with Crippen LogP contribution in [0.1, 0.15) is 11.1 Å². The molecule has 0 spiro atoms. The van der Waals surface area contributed by atoms with Crippen molar-refractivity contribution in [3.8, 4) is 5.75 Å². The van der Waals surface area contributed by atoms with E-state index < -0.39 is 0 Å². The van der Waals surface area contributed by atoms with Crippen molar-refractivity contribution in [2.45, 2.75) is 6.54 Å². The highest BCUT2D eigenvalue weighted by Gasteiger charge is 1.98. The van der Waals surface area contributed by atoms with Gasteiger partial charge in [0.15, 0.2) is 0 Å². The summed E-state index contributed by atoms with van der Waals surface area (Å²) in [6.45, 7) is 0.515. The molecule has 114 valence electrons. The van der Waals surface area contributed by atoms with Gasteiger partial charge in [0, 0.05) is 12.6 Å². The van der Waals surface area contributed by atoms with Crippen molar-refractivity contribution >= 4 is 22.8 Å². The Morgan fingerprint density at radius 3 is 2.52 bits per heavy atom. The van der Waals surface area contributed by atoms with Crippen molar-refractivity contribution in [1.82, 2.24) is 5.32 Å². The molecule has 0 saturated carbocycles. The third kappa shape index (κ3) is 3.98. The molecule has 0 aliphatic carbocycles. The fourth-order valence-electron chi connectivity index (χ4n) is 2.37. The summed E-state index contributed by atoms with van der Waals surface area (Å²) in [5, 5.41) is 14.3. The van der Waals surface area contributed by atoms with Crippen LogP contribution in [0.25, 0.3) is 16.8 Å². The van der Waals surface area contributed by atoms with Gasteiger partial charge in [-0.15, -0.1) is 0 Å². The van der Waals surface area contributed by atoms with Crippen LogP contribution < -0.4 is 5.32 Å². The van der Waals surface area contributed by atoms with Gasteiger partial charge in [0.1, 0.15) is 5.75 Å². The summed E-state index contributed by atoms with van der Waals surface area (Å²) >= 11 is 0. The van der Waals surface area contributed by atoms with Crippen LogP contribution in [0.4, 0.5) is 0 Å². The van der Waals surface area contributed by atoms with Crippen molar-refractivity contribution in [1.29, 1.82) is 0 Å². The second kappa shape index (κ2) is 6.79. The number of hydrogen-bond donors (Lipinski definition) is 2. The number of fused-ring (bicyclic) bond motifs is 1. The highest BCUT2D eigenvalue weighted by molar-refractivity contribution is 5.93. The maximum Gasteiger partial charge on any atom is 0.244 e. The van der Waals surface area contributed by atoms with Gasteiger partial charge in [-0.25, -0.2) is 0 Å². The lowest BCUT2D eigenvalue weighted by Crippen LogP contribution is -2.20. The first-order chi connectivity index (χ1) is 11.2. The zero-order chi connectivity index (χ0) is 16.1. The van der Waals surface area contributed by atoms with Gasteiger partial charge in [0.2, 0.25) is 5.91 Å². The van der Waals surface area contributed by atoms with E-state index in [0.717, 1.165) is 21.9 Å². The van der Waals surface area contributed by atoms with Crippen LogP contribution in [0.2, 0.25) is 0 Å². The minimum atomic E-state index is -0.125. The van der Waals surface area contributed by atoms with Gasteiger partial charge in [-0.05, 0) is 46.2 Å². The van der Waals surface area contributed by atoms with Gasteiger partial charge in [-0.2, -0.15) is 0 Å². The summed E-state index contributed by atoms with van der Waals surface area (Å²) in [6, 6.07) is 20.9. The molecule has 23 heavy (non-hydrogen) atoms. The van der Waals surface area contributed by atoms with Crippen LogP contribution in [0.3, 0.4) is 0 Å².